The number of carbonyl (C=O) groups is 1. The Labute approximate surface area is 138 Å². The van der Waals surface area contributed by atoms with Crippen molar-refractivity contribution in [2.45, 2.75) is 20.8 Å². The molecule has 2 N–H and O–H groups in total. The third kappa shape index (κ3) is 4.53. The van der Waals surface area contributed by atoms with E-state index in [2.05, 4.69) is 50.4 Å². The van der Waals surface area contributed by atoms with E-state index in [-0.39, 0.29) is 5.91 Å². The Morgan fingerprint density at radius 2 is 2.05 bits per heavy atom. The highest BCUT2D eigenvalue weighted by Crippen LogP contribution is 2.20. The van der Waals surface area contributed by atoms with Gasteiger partial charge in [0.15, 0.2) is 0 Å². The summed E-state index contributed by atoms with van der Waals surface area (Å²) in [5, 5.41) is 6.05. The van der Waals surface area contributed by atoms with Crippen LogP contribution in [0.2, 0.25) is 0 Å². The Hall–Kier alpha value is -1.95. The Bertz CT molecular complexity index is 673. The summed E-state index contributed by atoms with van der Waals surface area (Å²) in [5.41, 5.74) is 2.09. The fraction of sp³-hybridized carbons (Fsp3) is 0.312. The lowest BCUT2D eigenvalue weighted by atomic mass is 10.2. The number of aryl methyl sites for hydroxylation is 1. The van der Waals surface area contributed by atoms with E-state index in [1.807, 2.05) is 25.1 Å². The number of aromatic nitrogens is 2. The normalized spacial score (nSPS) is 10.6. The highest BCUT2D eigenvalue weighted by molar-refractivity contribution is 9.10. The predicted molar refractivity (Wildman–Crippen MR) is 92.2 cm³/mol. The van der Waals surface area contributed by atoms with E-state index in [9.17, 15) is 4.79 Å². The smallest absolute Gasteiger partial charge is 0.274 e. The Morgan fingerprint density at radius 1 is 1.27 bits per heavy atom. The molecule has 1 aromatic heterocycles. The van der Waals surface area contributed by atoms with Crippen LogP contribution in [0.4, 0.5) is 11.5 Å². The molecule has 0 saturated carbocycles. The number of hydrogen-bond acceptors (Lipinski definition) is 4. The first-order valence-electron chi connectivity index (χ1n) is 7.09. The lowest BCUT2D eigenvalue weighted by Crippen LogP contribution is -2.16. The molecular formula is C16H19BrN4O. The molecule has 0 spiro atoms. The van der Waals surface area contributed by atoms with Crippen LogP contribution in [0.15, 0.2) is 35.1 Å². The molecule has 0 radical (unpaired) electrons. The predicted octanol–water partition coefficient (Wildman–Crippen LogP) is 3.87. The molecule has 116 valence electrons. The lowest BCUT2D eigenvalue weighted by molar-refractivity contribution is 0.102. The van der Waals surface area contributed by atoms with E-state index in [1.54, 1.807) is 6.07 Å². The maximum absolute atomic E-state index is 12.3. The van der Waals surface area contributed by atoms with Crippen LogP contribution in [-0.2, 0) is 0 Å². The molecule has 5 nitrogen and oxygen atoms in total. The first kappa shape index (κ1) is 16.4. The van der Waals surface area contributed by atoms with Crippen LogP contribution in [0.5, 0.6) is 0 Å². The van der Waals surface area contributed by atoms with Gasteiger partial charge < -0.3 is 10.6 Å². The molecule has 0 aliphatic heterocycles. The molecule has 0 fully saturated rings. The fourth-order valence-corrected chi connectivity index (χ4v) is 2.32. The van der Waals surface area contributed by atoms with Gasteiger partial charge in [0, 0.05) is 22.8 Å². The first-order valence-corrected chi connectivity index (χ1v) is 7.88. The summed E-state index contributed by atoms with van der Waals surface area (Å²) in [6.07, 6.45) is 1.39. The average molecular weight is 363 g/mol. The molecule has 1 amide bonds. The van der Waals surface area contributed by atoms with Crippen LogP contribution < -0.4 is 10.6 Å². The van der Waals surface area contributed by atoms with Crippen molar-refractivity contribution in [3.05, 3.63) is 46.3 Å². The lowest BCUT2D eigenvalue weighted by Gasteiger charge is -2.10. The van der Waals surface area contributed by atoms with Gasteiger partial charge in [-0.25, -0.2) is 9.97 Å². The van der Waals surface area contributed by atoms with Crippen LogP contribution in [0.25, 0.3) is 0 Å². The van der Waals surface area contributed by atoms with E-state index in [1.165, 1.54) is 6.33 Å². The van der Waals surface area contributed by atoms with Crippen molar-refractivity contribution in [2.24, 2.45) is 5.92 Å². The standard InChI is InChI=1S/C16H19BrN4O/c1-10(2)8-18-15-7-14(19-9-20-15)16(22)21-13-5-4-12(17)6-11(13)3/h4-7,9-10H,8H2,1-3H3,(H,21,22)(H,18,19,20). The molecule has 1 heterocycles. The van der Waals surface area contributed by atoms with Gasteiger partial charge in [-0.1, -0.05) is 29.8 Å². The third-order valence-corrected chi connectivity index (χ3v) is 3.52. The highest BCUT2D eigenvalue weighted by atomic mass is 79.9. The van der Waals surface area contributed by atoms with Crippen molar-refractivity contribution in [1.29, 1.82) is 0 Å². The van der Waals surface area contributed by atoms with Crippen LogP contribution in [0.3, 0.4) is 0 Å². The number of halogens is 1. The second-order valence-corrected chi connectivity index (χ2v) is 6.39. The summed E-state index contributed by atoms with van der Waals surface area (Å²) in [6.45, 7) is 6.95. The topological polar surface area (TPSA) is 66.9 Å². The van der Waals surface area contributed by atoms with Gasteiger partial charge >= 0.3 is 0 Å². The van der Waals surface area contributed by atoms with Gasteiger partial charge in [0.25, 0.3) is 5.91 Å². The Morgan fingerprint density at radius 3 is 2.73 bits per heavy atom. The van der Waals surface area contributed by atoms with Crippen molar-refractivity contribution in [1.82, 2.24) is 9.97 Å². The molecule has 2 rings (SSSR count). The zero-order valence-corrected chi connectivity index (χ0v) is 14.4. The number of carbonyl (C=O) groups excluding carboxylic acids is 1. The van der Waals surface area contributed by atoms with Crippen molar-refractivity contribution < 1.29 is 4.79 Å². The molecule has 22 heavy (non-hydrogen) atoms. The minimum Gasteiger partial charge on any atom is -0.370 e. The zero-order chi connectivity index (χ0) is 16.1. The number of nitrogens with one attached hydrogen (secondary N) is 2. The minimum atomic E-state index is -0.250. The Kier molecular flexibility index (Phi) is 5.49. The van der Waals surface area contributed by atoms with Crippen molar-refractivity contribution in [3.63, 3.8) is 0 Å². The van der Waals surface area contributed by atoms with E-state index in [0.29, 0.717) is 17.4 Å². The van der Waals surface area contributed by atoms with Crippen molar-refractivity contribution in [2.75, 3.05) is 17.2 Å². The number of anilines is 2. The molecular weight excluding hydrogens is 344 g/mol. The van der Waals surface area contributed by atoms with E-state index in [0.717, 1.165) is 22.3 Å². The van der Waals surface area contributed by atoms with Crippen LogP contribution in [0.1, 0.15) is 29.9 Å². The monoisotopic (exact) mass is 362 g/mol. The second kappa shape index (κ2) is 7.35. The van der Waals surface area contributed by atoms with Crippen LogP contribution >= 0.6 is 15.9 Å². The largest absolute Gasteiger partial charge is 0.370 e. The SMILES string of the molecule is Cc1cc(Br)ccc1NC(=O)c1cc(NCC(C)C)ncn1. The number of amides is 1. The number of benzene rings is 1. The molecule has 0 atom stereocenters. The molecule has 0 bridgehead atoms. The summed E-state index contributed by atoms with van der Waals surface area (Å²) < 4.78 is 0.977. The first-order chi connectivity index (χ1) is 10.5. The second-order valence-electron chi connectivity index (χ2n) is 5.48. The van der Waals surface area contributed by atoms with Crippen molar-refractivity contribution >= 4 is 33.3 Å². The van der Waals surface area contributed by atoms with E-state index in [4.69, 9.17) is 0 Å². The van der Waals surface area contributed by atoms with Gasteiger partial charge in [0.2, 0.25) is 0 Å². The molecule has 0 aliphatic carbocycles. The maximum atomic E-state index is 12.3. The third-order valence-electron chi connectivity index (χ3n) is 3.03. The molecule has 0 unspecified atom stereocenters. The summed E-state index contributed by atoms with van der Waals surface area (Å²) in [7, 11) is 0. The van der Waals surface area contributed by atoms with E-state index >= 15 is 0 Å². The molecule has 6 heteroatoms. The van der Waals surface area contributed by atoms with Crippen LogP contribution in [-0.4, -0.2) is 22.4 Å². The summed E-state index contributed by atoms with van der Waals surface area (Å²) in [5.74, 6) is 0.902. The van der Waals surface area contributed by atoms with Crippen LogP contribution in [0, 0.1) is 12.8 Å². The summed E-state index contributed by atoms with van der Waals surface area (Å²) >= 11 is 3.40. The van der Waals surface area contributed by atoms with E-state index < -0.39 is 0 Å². The summed E-state index contributed by atoms with van der Waals surface area (Å²) in [6, 6.07) is 7.35. The number of rotatable bonds is 5. The number of hydrogen-bond donors (Lipinski definition) is 2. The van der Waals surface area contributed by atoms with Gasteiger partial charge in [-0.3, -0.25) is 4.79 Å². The van der Waals surface area contributed by atoms with Gasteiger partial charge in [0.05, 0.1) is 0 Å². The minimum absolute atomic E-state index is 0.250. The van der Waals surface area contributed by atoms with Crippen molar-refractivity contribution in [3.8, 4) is 0 Å². The van der Waals surface area contributed by atoms with Gasteiger partial charge in [0.1, 0.15) is 17.8 Å². The highest BCUT2D eigenvalue weighted by Gasteiger charge is 2.10. The number of nitrogens with zero attached hydrogens (tertiary/aromatic N) is 2. The van der Waals surface area contributed by atoms with Gasteiger partial charge in [-0.15, -0.1) is 0 Å². The molecule has 0 aliphatic rings. The zero-order valence-electron chi connectivity index (χ0n) is 12.9. The average Bonchev–Trinajstić information content (AvgIpc) is 2.48. The fourth-order valence-electron chi connectivity index (χ4n) is 1.84. The summed E-state index contributed by atoms with van der Waals surface area (Å²) in [4.78, 5) is 20.5. The molecule has 2 aromatic rings. The van der Waals surface area contributed by atoms with Gasteiger partial charge in [-0.2, -0.15) is 0 Å². The molecule has 1 aromatic carbocycles. The van der Waals surface area contributed by atoms with Gasteiger partial charge in [-0.05, 0) is 36.6 Å². The quantitative estimate of drug-likeness (QED) is 0.846. The Balaban J connectivity index is 2.10. The molecule has 0 saturated heterocycles. The maximum Gasteiger partial charge on any atom is 0.274 e.